The summed E-state index contributed by atoms with van der Waals surface area (Å²) in [6.07, 6.45) is -2.48. The molecule has 0 saturated heterocycles. The SMILES string of the molecule is C=C(C)C(=O)OC(OC(=O)C(=C)C)=C(CC(O)CO)C(=O)OC(O)(COCCOCCO)OC(=O)C(=C)C. The number of aliphatic hydroxyl groups excluding tert-OH is 3. The third-order valence-corrected chi connectivity index (χ3v) is 3.96. The van der Waals surface area contributed by atoms with Crippen LogP contribution in [0, 0.1) is 0 Å². The molecule has 0 bridgehead atoms. The predicted octanol–water partition coefficient (Wildman–Crippen LogP) is -0.486. The highest BCUT2D eigenvalue weighted by Gasteiger charge is 2.40. The molecule has 0 rings (SSSR count). The van der Waals surface area contributed by atoms with Gasteiger partial charge in [-0.05, 0) is 20.8 Å². The molecule has 0 aromatic heterocycles. The monoisotopic (exact) mass is 546 g/mol. The number of rotatable bonds is 18. The maximum Gasteiger partial charge on any atom is 0.398 e. The van der Waals surface area contributed by atoms with Crippen molar-refractivity contribution in [3.05, 3.63) is 48.0 Å². The molecule has 0 aromatic rings. The minimum Gasteiger partial charge on any atom is -0.394 e. The Balaban J connectivity index is 6.35. The Bertz CT molecular complexity index is 904. The van der Waals surface area contributed by atoms with Crippen LogP contribution in [0.15, 0.2) is 48.0 Å². The van der Waals surface area contributed by atoms with Crippen molar-refractivity contribution >= 4 is 23.9 Å². The topological polar surface area (TPSA) is 205 Å². The Labute approximate surface area is 219 Å². The number of carbonyl (C=O) groups excluding carboxylic acids is 4. The van der Waals surface area contributed by atoms with Crippen molar-refractivity contribution < 1.29 is 68.0 Å². The van der Waals surface area contributed by atoms with Gasteiger partial charge in [-0.2, -0.15) is 0 Å². The molecule has 0 amide bonds. The summed E-state index contributed by atoms with van der Waals surface area (Å²) in [6.45, 7) is 11.5. The zero-order valence-corrected chi connectivity index (χ0v) is 21.5. The molecular weight excluding hydrogens is 512 g/mol. The van der Waals surface area contributed by atoms with Gasteiger partial charge in [0.05, 0.1) is 39.1 Å². The van der Waals surface area contributed by atoms with E-state index in [1.165, 1.54) is 20.8 Å². The number of aliphatic hydroxyl groups is 4. The first-order valence-electron chi connectivity index (χ1n) is 11.1. The van der Waals surface area contributed by atoms with Gasteiger partial charge in [-0.15, -0.1) is 0 Å². The Morgan fingerprint density at radius 1 is 0.763 bits per heavy atom. The first-order chi connectivity index (χ1) is 17.7. The molecule has 0 aliphatic carbocycles. The van der Waals surface area contributed by atoms with E-state index in [1.807, 2.05) is 0 Å². The van der Waals surface area contributed by atoms with Gasteiger partial charge in [0.1, 0.15) is 5.57 Å². The summed E-state index contributed by atoms with van der Waals surface area (Å²) in [4.78, 5) is 49.4. The van der Waals surface area contributed by atoms with Crippen molar-refractivity contribution in [2.45, 2.75) is 39.3 Å². The third-order valence-electron chi connectivity index (χ3n) is 3.96. The van der Waals surface area contributed by atoms with Gasteiger partial charge in [-0.25, -0.2) is 19.2 Å². The van der Waals surface area contributed by atoms with Crippen molar-refractivity contribution in [1.29, 1.82) is 0 Å². The Morgan fingerprint density at radius 3 is 1.68 bits per heavy atom. The average Bonchev–Trinajstić information content (AvgIpc) is 2.83. The number of hydrogen-bond donors (Lipinski definition) is 4. The maximum atomic E-state index is 13.1. The molecule has 0 spiro atoms. The molecule has 0 saturated carbocycles. The summed E-state index contributed by atoms with van der Waals surface area (Å²) in [5.74, 6) is -9.25. The molecule has 0 aliphatic heterocycles. The van der Waals surface area contributed by atoms with E-state index in [-0.39, 0.29) is 43.1 Å². The number of esters is 4. The lowest BCUT2D eigenvalue weighted by atomic mass is 10.1. The molecule has 14 heteroatoms. The van der Waals surface area contributed by atoms with Crippen LogP contribution in [-0.2, 0) is 47.6 Å². The fourth-order valence-corrected chi connectivity index (χ4v) is 2.04. The Kier molecular flexibility index (Phi) is 15.6. The second kappa shape index (κ2) is 17.2. The first kappa shape index (κ1) is 34.6. The number of carbonyl (C=O) groups is 4. The maximum absolute atomic E-state index is 13.1. The van der Waals surface area contributed by atoms with E-state index in [9.17, 15) is 34.5 Å². The van der Waals surface area contributed by atoms with E-state index in [4.69, 9.17) is 33.5 Å². The second-order valence-electron chi connectivity index (χ2n) is 7.81. The third kappa shape index (κ3) is 13.2. The smallest absolute Gasteiger partial charge is 0.394 e. The van der Waals surface area contributed by atoms with Crippen LogP contribution in [0.25, 0.3) is 0 Å². The molecule has 0 fully saturated rings. The van der Waals surface area contributed by atoms with Gasteiger partial charge < -0.3 is 48.8 Å². The summed E-state index contributed by atoms with van der Waals surface area (Å²) < 4.78 is 29.6. The van der Waals surface area contributed by atoms with E-state index in [0.717, 1.165) is 0 Å². The van der Waals surface area contributed by atoms with E-state index >= 15 is 0 Å². The highest BCUT2D eigenvalue weighted by atomic mass is 16.9. The minimum absolute atomic E-state index is 0.00315. The quantitative estimate of drug-likeness (QED) is 0.0563. The van der Waals surface area contributed by atoms with Crippen LogP contribution in [0.4, 0.5) is 0 Å². The van der Waals surface area contributed by atoms with Crippen LogP contribution in [0.5, 0.6) is 0 Å². The van der Waals surface area contributed by atoms with Gasteiger partial charge in [0, 0.05) is 23.1 Å². The van der Waals surface area contributed by atoms with Gasteiger partial charge in [0.15, 0.2) is 6.61 Å². The van der Waals surface area contributed by atoms with E-state index in [0.29, 0.717) is 0 Å². The van der Waals surface area contributed by atoms with Crippen LogP contribution < -0.4 is 0 Å². The van der Waals surface area contributed by atoms with Crippen LogP contribution in [-0.4, -0.2) is 96.0 Å². The van der Waals surface area contributed by atoms with Crippen LogP contribution in [0.1, 0.15) is 27.2 Å². The lowest BCUT2D eigenvalue weighted by Crippen LogP contribution is -2.45. The lowest BCUT2D eigenvalue weighted by Gasteiger charge is -2.27. The largest absolute Gasteiger partial charge is 0.398 e. The molecular formula is C24H34O14. The summed E-state index contributed by atoms with van der Waals surface area (Å²) in [6, 6.07) is 0. The van der Waals surface area contributed by atoms with Crippen molar-refractivity contribution in [2.24, 2.45) is 0 Å². The summed E-state index contributed by atoms with van der Waals surface area (Å²) in [5.41, 5.74) is -1.39. The molecule has 0 aliphatic rings. The average molecular weight is 547 g/mol. The standard InChI is InChI=1S/C24H34O14/c1-14(2)19(28)35-23(36-20(29)15(3)4)18(11-17(27)12-26)22(31)38-24(32,37-21(30)16(5)6)13-34-10-9-33-8-7-25/h17,25-27,32H,1,3,5,7-13H2,2,4,6H3. The minimum atomic E-state index is -3.10. The lowest BCUT2D eigenvalue weighted by molar-refractivity contribution is -0.339. The summed E-state index contributed by atoms with van der Waals surface area (Å²) >= 11 is 0. The Morgan fingerprint density at radius 2 is 1.24 bits per heavy atom. The van der Waals surface area contributed by atoms with E-state index < -0.39 is 67.1 Å². The molecule has 38 heavy (non-hydrogen) atoms. The van der Waals surface area contributed by atoms with Crippen LogP contribution in [0.3, 0.4) is 0 Å². The zero-order valence-electron chi connectivity index (χ0n) is 21.5. The molecule has 4 N–H and O–H groups in total. The van der Waals surface area contributed by atoms with Gasteiger partial charge in [0.2, 0.25) is 0 Å². The van der Waals surface area contributed by atoms with Gasteiger partial charge in [0.25, 0.3) is 0 Å². The van der Waals surface area contributed by atoms with Crippen LogP contribution in [0.2, 0.25) is 0 Å². The summed E-state index contributed by atoms with van der Waals surface area (Å²) in [5, 5.41) is 38.7. The highest BCUT2D eigenvalue weighted by molar-refractivity contribution is 5.94. The number of hydrogen-bond acceptors (Lipinski definition) is 14. The van der Waals surface area contributed by atoms with Crippen molar-refractivity contribution in [1.82, 2.24) is 0 Å². The fraction of sp³-hybridized carbons (Fsp3) is 0.500. The van der Waals surface area contributed by atoms with Crippen molar-refractivity contribution in [2.75, 3.05) is 39.6 Å². The molecule has 2 unspecified atom stereocenters. The molecule has 14 nitrogen and oxygen atoms in total. The first-order valence-corrected chi connectivity index (χ1v) is 11.1. The van der Waals surface area contributed by atoms with Gasteiger partial charge in [-0.1, -0.05) is 19.7 Å². The highest BCUT2D eigenvalue weighted by Crippen LogP contribution is 2.23. The Hall–Kier alpha value is -3.40. The van der Waals surface area contributed by atoms with Crippen LogP contribution >= 0.6 is 0 Å². The van der Waals surface area contributed by atoms with E-state index in [2.05, 4.69) is 19.7 Å². The normalized spacial score (nSPS) is 12.8. The molecule has 2 atom stereocenters. The zero-order chi connectivity index (χ0) is 29.5. The van der Waals surface area contributed by atoms with Crippen molar-refractivity contribution in [3.8, 4) is 0 Å². The summed E-state index contributed by atoms with van der Waals surface area (Å²) in [7, 11) is 0. The van der Waals surface area contributed by atoms with E-state index in [1.54, 1.807) is 0 Å². The molecule has 0 aromatic carbocycles. The predicted molar refractivity (Wildman–Crippen MR) is 127 cm³/mol. The van der Waals surface area contributed by atoms with Crippen molar-refractivity contribution in [3.63, 3.8) is 0 Å². The molecule has 0 heterocycles. The van der Waals surface area contributed by atoms with Gasteiger partial charge >= 0.3 is 35.8 Å². The second-order valence-corrected chi connectivity index (χ2v) is 7.81. The fourth-order valence-electron chi connectivity index (χ4n) is 2.04. The number of ether oxygens (including phenoxy) is 6. The molecule has 214 valence electrons. The molecule has 0 radical (unpaired) electrons. The van der Waals surface area contributed by atoms with Gasteiger partial charge in [-0.3, -0.25) is 0 Å².